The second-order valence-electron chi connectivity index (χ2n) is 16.0. The molecule has 8 heteroatoms. The zero-order valence-electron chi connectivity index (χ0n) is 34.3. The smallest absolute Gasteiger partial charge is 0.362 e. The number of likely N-dealkylation sites (N-methyl/N-ethyl adjacent to an activating group) is 1. The van der Waals surface area contributed by atoms with Gasteiger partial charge in [-0.15, -0.1) is 0 Å². The first-order chi connectivity index (χ1) is 24.6. The summed E-state index contributed by atoms with van der Waals surface area (Å²) in [6.45, 7) is 4.70. The normalized spacial score (nSPS) is 12.9. The lowest BCUT2D eigenvalue weighted by Crippen LogP contribution is -2.50. The molecule has 2 atom stereocenters. The van der Waals surface area contributed by atoms with Gasteiger partial charge >= 0.3 is 17.9 Å². The zero-order valence-corrected chi connectivity index (χ0v) is 34.3. The molecular formula is C43H84NO7+. The Labute approximate surface area is 315 Å². The Morgan fingerprint density at radius 2 is 0.863 bits per heavy atom. The molecule has 0 radical (unpaired) electrons. The number of hydrogen-bond donors (Lipinski definition) is 1. The van der Waals surface area contributed by atoms with Crippen LogP contribution in [0, 0.1) is 0 Å². The third-order valence-electron chi connectivity index (χ3n) is 10.0. The molecule has 0 fully saturated rings. The van der Waals surface area contributed by atoms with Crippen molar-refractivity contribution in [3.8, 4) is 0 Å². The molecule has 0 aliphatic rings. The molecule has 0 aliphatic carbocycles. The molecule has 0 rings (SSSR count). The fraction of sp³-hybridized carbons (Fsp3) is 0.930. The summed E-state index contributed by atoms with van der Waals surface area (Å²) < 4.78 is 17.2. The maximum atomic E-state index is 12.7. The van der Waals surface area contributed by atoms with E-state index in [4.69, 9.17) is 14.2 Å². The Hall–Kier alpha value is -1.67. The summed E-state index contributed by atoms with van der Waals surface area (Å²) in [6.07, 6.45) is 34.6. The molecule has 0 aromatic rings. The molecule has 51 heavy (non-hydrogen) atoms. The van der Waals surface area contributed by atoms with Crippen molar-refractivity contribution in [1.82, 2.24) is 0 Å². The van der Waals surface area contributed by atoms with Crippen molar-refractivity contribution in [1.29, 1.82) is 0 Å². The van der Waals surface area contributed by atoms with E-state index in [-0.39, 0.29) is 36.2 Å². The number of carbonyl (C=O) groups excluding carboxylic acids is 2. The summed E-state index contributed by atoms with van der Waals surface area (Å²) in [5.74, 6) is -1.46. The lowest BCUT2D eigenvalue weighted by molar-refractivity contribution is -0.887. The molecule has 0 aliphatic heterocycles. The van der Waals surface area contributed by atoms with Crippen LogP contribution in [-0.4, -0.2) is 80.6 Å². The number of unbranched alkanes of at least 4 members (excludes halogenated alkanes) is 25. The number of carboxylic acids is 1. The summed E-state index contributed by atoms with van der Waals surface area (Å²) >= 11 is 0. The Bertz CT molecular complexity index is 813. The molecule has 8 nitrogen and oxygen atoms in total. The Balaban J connectivity index is 4.10. The summed E-state index contributed by atoms with van der Waals surface area (Å²) in [6, 6.07) is -0.606. The monoisotopic (exact) mass is 727 g/mol. The van der Waals surface area contributed by atoms with E-state index in [1.165, 1.54) is 135 Å². The predicted octanol–water partition coefficient (Wildman–Crippen LogP) is 11.4. The highest BCUT2D eigenvalue weighted by Gasteiger charge is 2.31. The standard InChI is InChI=1S/C43H83NO7/c1-6-8-10-12-14-15-16-17-18-19-20-21-22-23-24-25-26-27-28-30-32-34-42(46)51-39(37-49-36-35-40(43(47)48)44(3,4)5)38-50-41(45)33-31-29-13-11-9-7-2/h39-40H,6-38H2,1-5H3/p+1. The molecular weight excluding hydrogens is 642 g/mol. The van der Waals surface area contributed by atoms with Crippen molar-refractivity contribution in [2.45, 2.75) is 219 Å². The van der Waals surface area contributed by atoms with Crippen molar-refractivity contribution < 1.29 is 38.2 Å². The molecule has 0 saturated carbocycles. The summed E-state index contributed by atoms with van der Waals surface area (Å²) in [4.78, 5) is 36.7. The number of rotatable bonds is 39. The lowest BCUT2D eigenvalue weighted by Gasteiger charge is -2.31. The lowest BCUT2D eigenvalue weighted by atomic mass is 10.0. The summed E-state index contributed by atoms with van der Waals surface area (Å²) in [5.41, 5.74) is 0. The van der Waals surface area contributed by atoms with Crippen LogP contribution in [0.4, 0.5) is 0 Å². The molecule has 0 amide bonds. The molecule has 0 heterocycles. The van der Waals surface area contributed by atoms with Gasteiger partial charge in [0, 0.05) is 19.3 Å². The van der Waals surface area contributed by atoms with Gasteiger partial charge in [0.15, 0.2) is 12.1 Å². The molecule has 0 saturated heterocycles. The van der Waals surface area contributed by atoms with Crippen molar-refractivity contribution in [3.63, 3.8) is 0 Å². The summed E-state index contributed by atoms with van der Waals surface area (Å²) in [7, 11) is 5.52. The van der Waals surface area contributed by atoms with Gasteiger partial charge in [0.2, 0.25) is 0 Å². The third-order valence-corrected chi connectivity index (χ3v) is 10.0. The van der Waals surface area contributed by atoms with Crippen LogP contribution >= 0.6 is 0 Å². The van der Waals surface area contributed by atoms with Crippen LogP contribution in [0.2, 0.25) is 0 Å². The maximum absolute atomic E-state index is 12.7. The van der Waals surface area contributed by atoms with E-state index >= 15 is 0 Å². The van der Waals surface area contributed by atoms with Crippen molar-refractivity contribution in [3.05, 3.63) is 0 Å². The zero-order chi connectivity index (χ0) is 37.8. The van der Waals surface area contributed by atoms with Crippen LogP contribution in [0.15, 0.2) is 0 Å². The second-order valence-corrected chi connectivity index (χ2v) is 16.0. The van der Waals surface area contributed by atoms with Gasteiger partial charge in [-0.3, -0.25) is 9.59 Å². The fourth-order valence-corrected chi connectivity index (χ4v) is 6.62. The predicted molar refractivity (Wildman–Crippen MR) is 211 cm³/mol. The highest BCUT2D eigenvalue weighted by molar-refractivity contribution is 5.72. The van der Waals surface area contributed by atoms with E-state index in [0.717, 1.165) is 38.5 Å². The molecule has 0 aromatic heterocycles. The van der Waals surface area contributed by atoms with Gasteiger partial charge in [0.25, 0.3) is 0 Å². The Morgan fingerprint density at radius 1 is 0.510 bits per heavy atom. The van der Waals surface area contributed by atoms with Crippen LogP contribution in [0.3, 0.4) is 0 Å². The van der Waals surface area contributed by atoms with Gasteiger partial charge in [-0.2, -0.15) is 0 Å². The van der Waals surface area contributed by atoms with Gasteiger partial charge in [-0.1, -0.05) is 174 Å². The van der Waals surface area contributed by atoms with E-state index in [2.05, 4.69) is 13.8 Å². The first-order valence-electron chi connectivity index (χ1n) is 21.6. The number of hydrogen-bond acceptors (Lipinski definition) is 6. The average Bonchev–Trinajstić information content (AvgIpc) is 3.08. The quantitative estimate of drug-likeness (QED) is 0.0382. The topological polar surface area (TPSA) is 99.1 Å². The van der Waals surface area contributed by atoms with Gasteiger partial charge < -0.3 is 23.8 Å². The van der Waals surface area contributed by atoms with Gasteiger partial charge in [0.05, 0.1) is 34.4 Å². The number of esters is 2. The van der Waals surface area contributed by atoms with Gasteiger partial charge in [-0.25, -0.2) is 4.79 Å². The number of carboxylic acid groups (broad SMARTS) is 1. The molecule has 0 aromatic carbocycles. The second kappa shape index (κ2) is 35.4. The summed E-state index contributed by atoms with van der Waals surface area (Å²) in [5, 5.41) is 9.58. The molecule has 0 bridgehead atoms. The molecule has 302 valence electrons. The fourth-order valence-electron chi connectivity index (χ4n) is 6.62. The van der Waals surface area contributed by atoms with Gasteiger partial charge in [0.1, 0.15) is 6.61 Å². The molecule has 1 N–H and O–H groups in total. The van der Waals surface area contributed by atoms with E-state index in [1.54, 1.807) is 0 Å². The van der Waals surface area contributed by atoms with Crippen molar-refractivity contribution in [2.75, 3.05) is 41.0 Å². The largest absolute Gasteiger partial charge is 0.477 e. The minimum absolute atomic E-state index is 0.0442. The maximum Gasteiger partial charge on any atom is 0.362 e. The van der Waals surface area contributed by atoms with E-state index in [1.807, 2.05) is 21.1 Å². The number of quaternary nitrogens is 1. The van der Waals surface area contributed by atoms with Crippen molar-refractivity contribution in [2.24, 2.45) is 0 Å². The average molecular weight is 727 g/mol. The first kappa shape index (κ1) is 49.3. The minimum Gasteiger partial charge on any atom is -0.477 e. The Kier molecular flexibility index (Phi) is 34.2. The van der Waals surface area contributed by atoms with E-state index < -0.39 is 18.1 Å². The third kappa shape index (κ3) is 33.9. The van der Waals surface area contributed by atoms with Crippen LogP contribution in [0.5, 0.6) is 0 Å². The highest BCUT2D eigenvalue weighted by Crippen LogP contribution is 2.16. The number of nitrogens with zero attached hydrogens (tertiary/aromatic N) is 1. The van der Waals surface area contributed by atoms with E-state index in [9.17, 15) is 19.5 Å². The SMILES string of the molecule is CCCCCCCCCCCCCCCCCCCCCCCC(=O)OC(COCCC(C(=O)O)[N+](C)(C)C)COC(=O)CCCCCCCC. The van der Waals surface area contributed by atoms with Gasteiger partial charge in [-0.05, 0) is 12.8 Å². The van der Waals surface area contributed by atoms with Crippen LogP contribution in [-0.2, 0) is 28.6 Å². The van der Waals surface area contributed by atoms with Crippen LogP contribution in [0.25, 0.3) is 0 Å². The Morgan fingerprint density at radius 3 is 1.22 bits per heavy atom. The first-order valence-corrected chi connectivity index (χ1v) is 21.6. The molecule has 0 spiro atoms. The van der Waals surface area contributed by atoms with Crippen molar-refractivity contribution >= 4 is 17.9 Å². The van der Waals surface area contributed by atoms with Crippen LogP contribution in [0.1, 0.15) is 206 Å². The molecule has 2 unspecified atom stereocenters. The highest BCUT2D eigenvalue weighted by atomic mass is 16.6. The van der Waals surface area contributed by atoms with Crippen LogP contribution < -0.4 is 0 Å². The number of aliphatic carboxylic acids is 1. The van der Waals surface area contributed by atoms with E-state index in [0.29, 0.717) is 19.3 Å². The number of carbonyl (C=O) groups is 3. The minimum atomic E-state index is -0.872. The number of ether oxygens (including phenoxy) is 3.